The smallest absolute Gasteiger partial charge is 0.307 e. The van der Waals surface area contributed by atoms with Crippen molar-refractivity contribution in [2.24, 2.45) is 5.10 Å². The molecule has 0 spiro atoms. The predicted molar refractivity (Wildman–Crippen MR) is 116 cm³/mol. The molecule has 4 aromatic rings. The van der Waals surface area contributed by atoms with Gasteiger partial charge in [0, 0.05) is 9.86 Å². The number of ether oxygens (including phenoxy) is 1. The van der Waals surface area contributed by atoms with Crippen LogP contribution in [0, 0.1) is 0 Å². The molecule has 0 aliphatic heterocycles. The minimum absolute atomic E-state index is 0.222. The minimum Gasteiger partial charge on any atom is -0.489 e. The number of fused-ring (bicyclic) bond motifs is 1. The highest BCUT2D eigenvalue weighted by molar-refractivity contribution is 9.10. The van der Waals surface area contributed by atoms with Crippen molar-refractivity contribution in [3.8, 4) is 5.75 Å². The van der Waals surface area contributed by atoms with Crippen LogP contribution in [0.2, 0.25) is 0 Å². The molecule has 5 nitrogen and oxygen atoms in total. The summed E-state index contributed by atoms with van der Waals surface area (Å²) in [7, 11) is 0. The fourth-order valence-electron chi connectivity index (χ4n) is 2.71. The van der Waals surface area contributed by atoms with Crippen molar-refractivity contribution in [2.75, 3.05) is 0 Å². The number of hydrogen-bond donors (Lipinski definition) is 1. The third-order valence-electron chi connectivity index (χ3n) is 4.23. The third-order valence-corrected chi connectivity index (χ3v) is 4.76. The molecule has 0 atom stereocenters. The quantitative estimate of drug-likeness (QED) is 0.311. The van der Waals surface area contributed by atoms with Crippen LogP contribution < -0.4 is 10.2 Å². The van der Waals surface area contributed by atoms with Gasteiger partial charge in [0.2, 0.25) is 0 Å². The average Bonchev–Trinajstić information content (AvgIpc) is 3.19. The highest BCUT2D eigenvalue weighted by Crippen LogP contribution is 2.19. The first-order valence-corrected chi connectivity index (χ1v) is 9.76. The molecule has 144 valence electrons. The fourth-order valence-corrected chi connectivity index (χ4v) is 2.98. The number of halogens is 1. The number of rotatable bonds is 6. The molecule has 1 heterocycles. The molecule has 0 saturated carbocycles. The van der Waals surface area contributed by atoms with E-state index in [1.54, 1.807) is 12.3 Å². The Kier molecular flexibility index (Phi) is 5.72. The Morgan fingerprint density at radius 1 is 1.03 bits per heavy atom. The van der Waals surface area contributed by atoms with Gasteiger partial charge in [-0.15, -0.1) is 0 Å². The van der Waals surface area contributed by atoms with Gasteiger partial charge in [0.15, 0.2) is 5.76 Å². The highest BCUT2D eigenvalue weighted by atomic mass is 79.9. The summed E-state index contributed by atoms with van der Waals surface area (Å²) >= 11 is 3.42. The van der Waals surface area contributed by atoms with Gasteiger partial charge in [-0.3, -0.25) is 4.79 Å². The summed E-state index contributed by atoms with van der Waals surface area (Å²) in [5, 5.41) is 4.87. The van der Waals surface area contributed by atoms with Crippen LogP contribution in [-0.4, -0.2) is 12.1 Å². The van der Waals surface area contributed by atoms with Gasteiger partial charge < -0.3 is 9.15 Å². The third kappa shape index (κ3) is 4.92. The Labute approximate surface area is 176 Å². The van der Waals surface area contributed by atoms with Crippen LogP contribution in [-0.2, 0) is 6.61 Å². The summed E-state index contributed by atoms with van der Waals surface area (Å²) in [4.78, 5) is 12.2. The van der Waals surface area contributed by atoms with E-state index in [0.717, 1.165) is 26.7 Å². The van der Waals surface area contributed by atoms with Gasteiger partial charge in [-0.1, -0.05) is 46.3 Å². The molecule has 0 radical (unpaired) electrons. The first-order chi connectivity index (χ1) is 14.2. The topological polar surface area (TPSA) is 63.8 Å². The predicted octanol–water partition coefficient (Wildman–Crippen LogP) is 5.54. The Morgan fingerprint density at radius 2 is 1.79 bits per heavy atom. The largest absolute Gasteiger partial charge is 0.489 e. The van der Waals surface area contributed by atoms with Crippen LogP contribution in [0.3, 0.4) is 0 Å². The van der Waals surface area contributed by atoms with E-state index in [1.807, 2.05) is 72.8 Å². The average molecular weight is 449 g/mol. The van der Waals surface area contributed by atoms with Crippen molar-refractivity contribution in [3.05, 3.63) is 100 Å². The van der Waals surface area contributed by atoms with Gasteiger partial charge in [-0.05, 0) is 59.7 Å². The van der Waals surface area contributed by atoms with E-state index in [2.05, 4.69) is 26.5 Å². The van der Waals surface area contributed by atoms with Gasteiger partial charge in [0.25, 0.3) is 0 Å². The number of carbonyl (C=O) groups excluding carboxylic acids is 1. The maximum atomic E-state index is 12.2. The van der Waals surface area contributed by atoms with E-state index in [4.69, 9.17) is 9.15 Å². The second-order valence-electron chi connectivity index (χ2n) is 6.33. The Bertz CT molecular complexity index is 1120. The maximum absolute atomic E-state index is 12.2. The van der Waals surface area contributed by atoms with E-state index in [9.17, 15) is 4.79 Å². The number of hydrazone groups is 1. The number of hydrogen-bond acceptors (Lipinski definition) is 4. The lowest BCUT2D eigenvalue weighted by Crippen LogP contribution is -2.16. The van der Waals surface area contributed by atoms with Crippen molar-refractivity contribution in [2.45, 2.75) is 6.61 Å². The fraction of sp³-hybridized carbons (Fsp3) is 0.0435. The molecule has 0 unspecified atom stereocenters. The van der Waals surface area contributed by atoms with Crippen LogP contribution >= 0.6 is 15.9 Å². The molecule has 0 fully saturated rings. The van der Waals surface area contributed by atoms with Crippen molar-refractivity contribution < 1.29 is 13.9 Å². The monoisotopic (exact) mass is 448 g/mol. The number of furan rings is 1. The van der Waals surface area contributed by atoms with Gasteiger partial charge in [-0.2, -0.15) is 5.10 Å². The normalized spacial score (nSPS) is 11.1. The molecule has 1 N–H and O–H groups in total. The Hall–Kier alpha value is -3.38. The number of para-hydroxylation sites is 1. The number of nitrogens with zero attached hydrogens (tertiary/aromatic N) is 1. The van der Waals surface area contributed by atoms with Crippen LogP contribution in [0.15, 0.2) is 92.9 Å². The molecular weight excluding hydrogens is 432 g/mol. The van der Waals surface area contributed by atoms with Gasteiger partial charge in [-0.25, -0.2) is 5.43 Å². The second-order valence-corrected chi connectivity index (χ2v) is 7.25. The minimum atomic E-state index is -0.396. The van der Waals surface area contributed by atoms with Crippen molar-refractivity contribution in [1.82, 2.24) is 5.43 Å². The van der Waals surface area contributed by atoms with Crippen LogP contribution in [0.4, 0.5) is 0 Å². The standard InChI is InChI=1S/C23H17BrN2O3/c24-19-9-5-17(6-10-19)15-28-20-11-7-16(8-12-20)14-25-26-23(27)22-13-18-3-1-2-4-21(18)29-22/h1-14H,15H2,(H,26,27)/b25-14+. The number of carbonyl (C=O) groups is 1. The molecule has 4 rings (SSSR count). The number of benzene rings is 3. The SMILES string of the molecule is O=C(N/N=C/c1ccc(OCc2ccc(Br)cc2)cc1)c1cc2ccccc2o1. The molecule has 6 heteroatoms. The summed E-state index contributed by atoms with van der Waals surface area (Å²) in [5.74, 6) is 0.586. The molecule has 0 aliphatic carbocycles. The van der Waals surface area contributed by atoms with E-state index in [-0.39, 0.29) is 5.76 Å². The zero-order valence-corrected chi connectivity index (χ0v) is 16.9. The molecule has 1 amide bonds. The van der Waals surface area contributed by atoms with Crippen molar-refractivity contribution >= 4 is 39.0 Å². The van der Waals surface area contributed by atoms with Gasteiger partial charge in [0.1, 0.15) is 17.9 Å². The van der Waals surface area contributed by atoms with Crippen LogP contribution in [0.1, 0.15) is 21.7 Å². The summed E-state index contributed by atoms with van der Waals surface area (Å²) < 4.78 is 12.3. The van der Waals surface area contributed by atoms with Crippen molar-refractivity contribution in [1.29, 1.82) is 0 Å². The lowest BCUT2D eigenvalue weighted by atomic mass is 10.2. The first kappa shape index (κ1) is 19.0. The highest BCUT2D eigenvalue weighted by Gasteiger charge is 2.10. The molecule has 3 aromatic carbocycles. The lowest BCUT2D eigenvalue weighted by Gasteiger charge is -2.06. The van der Waals surface area contributed by atoms with E-state index < -0.39 is 5.91 Å². The van der Waals surface area contributed by atoms with Crippen molar-refractivity contribution in [3.63, 3.8) is 0 Å². The van der Waals surface area contributed by atoms with Gasteiger partial charge >= 0.3 is 5.91 Å². The van der Waals surface area contributed by atoms with E-state index in [0.29, 0.717) is 12.2 Å². The summed E-state index contributed by atoms with van der Waals surface area (Å²) in [5.41, 5.74) is 5.07. The van der Waals surface area contributed by atoms with Crippen LogP contribution in [0.25, 0.3) is 11.0 Å². The summed E-state index contributed by atoms with van der Waals surface area (Å²) in [6, 6.07) is 24.6. The molecule has 1 aromatic heterocycles. The first-order valence-electron chi connectivity index (χ1n) is 8.97. The molecule has 0 aliphatic rings. The number of amides is 1. The van der Waals surface area contributed by atoms with E-state index >= 15 is 0 Å². The van der Waals surface area contributed by atoms with Gasteiger partial charge in [0.05, 0.1) is 6.21 Å². The zero-order chi connectivity index (χ0) is 20.1. The van der Waals surface area contributed by atoms with Crippen LogP contribution in [0.5, 0.6) is 5.75 Å². The summed E-state index contributed by atoms with van der Waals surface area (Å²) in [6.45, 7) is 0.494. The zero-order valence-electron chi connectivity index (χ0n) is 15.3. The van der Waals surface area contributed by atoms with E-state index in [1.165, 1.54) is 0 Å². The number of nitrogens with one attached hydrogen (secondary N) is 1. The molecule has 0 saturated heterocycles. The molecule has 0 bridgehead atoms. The lowest BCUT2D eigenvalue weighted by molar-refractivity contribution is 0.0929. The second kappa shape index (κ2) is 8.75. The Morgan fingerprint density at radius 3 is 2.55 bits per heavy atom. The molecule has 29 heavy (non-hydrogen) atoms. The maximum Gasteiger partial charge on any atom is 0.307 e. The Balaban J connectivity index is 1.31. The molecular formula is C23H17BrN2O3. The summed E-state index contributed by atoms with van der Waals surface area (Å²) in [6.07, 6.45) is 1.57.